The zero-order chi connectivity index (χ0) is 17.4. The molecule has 3 fully saturated rings. The van der Waals surface area contributed by atoms with Crippen LogP contribution in [0.25, 0.3) is 0 Å². The summed E-state index contributed by atoms with van der Waals surface area (Å²) >= 11 is 0. The molecule has 5 nitrogen and oxygen atoms in total. The third-order valence-electron chi connectivity index (χ3n) is 5.54. The van der Waals surface area contributed by atoms with Gasteiger partial charge in [-0.3, -0.25) is 9.69 Å². The van der Waals surface area contributed by atoms with Gasteiger partial charge in [0.2, 0.25) is 5.91 Å². The number of amides is 1. The number of hydrogen-bond acceptors (Lipinski definition) is 4. The van der Waals surface area contributed by atoms with Crippen LogP contribution < -0.4 is 5.32 Å². The first-order valence-electron chi connectivity index (χ1n) is 8.97. The van der Waals surface area contributed by atoms with E-state index in [1.54, 1.807) is 12.1 Å². The van der Waals surface area contributed by atoms with Crippen LogP contribution in [0.5, 0.6) is 0 Å². The maximum atomic E-state index is 13.5. The average Bonchev–Trinajstić information content (AvgIpc) is 3.21. The Morgan fingerprint density at radius 3 is 3.00 bits per heavy atom. The smallest absolute Gasteiger partial charge is 0.227 e. The normalized spacial score (nSPS) is 28.6. The third-order valence-corrected chi connectivity index (χ3v) is 5.54. The van der Waals surface area contributed by atoms with Crippen LogP contribution in [-0.4, -0.2) is 42.6 Å². The minimum Gasteiger partial charge on any atom is -0.376 e. The molecule has 0 aromatic heterocycles. The number of halogens is 1. The van der Waals surface area contributed by atoms with E-state index in [0.29, 0.717) is 25.6 Å². The van der Waals surface area contributed by atoms with E-state index in [1.807, 2.05) is 6.07 Å². The summed E-state index contributed by atoms with van der Waals surface area (Å²) in [5.74, 6) is 0.0997. The molecule has 6 heteroatoms. The summed E-state index contributed by atoms with van der Waals surface area (Å²) in [6.07, 6.45) is 3.27. The molecule has 0 bridgehead atoms. The van der Waals surface area contributed by atoms with Gasteiger partial charge >= 0.3 is 0 Å². The predicted molar refractivity (Wildman–Crippen MR) is 88.9 cm³/mol. The molecule has 3 aliphatic rings. The maximum absolute atomic E-state index is 13.5. The standard InChI is InChI=1S/C19H22FN3O2/c20-16-4-3-13(7-14(16)8-21)10-23-11-15(18-17(23)5-6-25-18)19(24)22-9-12-1-2-12/h3-4,7,12,15,17-18H,1-2,5-6,9-11H2,(H,22,24)/t15-,17+,18+/m0/s1. The van der Waals surface area contributed by atoms with Gasteiger partial charge in [-0.15, -0.1) is 0 Å². The number of carbonyl (C=O) groups excluding carboxylic acids is 1. The first-order valence-corrected chi connectivity index (χ1v) is 8.97. The van der Waals surface area contributed by atoms with Gasteiger partial charge in [0.1, 0.15) is 11.9 Å². The number of fused-ring (bicyclic) bond motifs is 1. The molecule has 25 heavy (non-hydrogen) atoms. The lowest BCUT2D eigenvalue weighted by Crippen LogP contribution is -2.38. The van der Waals surface area contributed by atoms with Crippen molar-refractivity contribution in [2.75, 3.05) is 19.7 Å². The zero-order valence-corrected chi connectivity index (χ0v) is 14.1. The topological polar surface area (TPSA) is 65.4 Å². The highest BCUT2D eigenvalue weighted by atomic mass is 19.1. The van der Waals surface area contributed by atoms with Gasteiger partial charge in [0.25, 0.3) is 0 Å². The Hall–Kier alpha value is -1.97. The Labute approximate surface area is 146 Å². The highest BCUT2D eigenvalue weighted by Gasteiger charge is 2.48. The van der Waals surface area contributed by atoms with Gasteiger partial charge in [-0.1, -0.05) is 6.07 Å². The molecule has 4 rings (SSSR count). The minimum atomic E-state index is -0.493. The lowest BCUT2D eigenvalue weighted by molar-refractivity contribution is -0.127. The van der Waals surface area contributed by atoms with Crippen LogP contribution in [0.3, 0.4) is 0 Å². The predicted octanol–water partition coefficient (Wildman–Crippen LogP) is 1.81. The van der Waals surface area contributed by atoms with Gasteiger partial charge in [-0.2, -0.15) is 5.26 Å². The van der Waals surface area contributed by atoms with Crippen LogP contribution in [-0.2, 0) is 16.1 Å². The lowest BCUT2D eigenvalue weighted by atomic mass is 10.0. The summed E-state index contributed by atoms with van der Waals surface area (Å²) in [6, 6.07) is 6.75. The largest absolute Gasteiger partial charge is 0.376 e. The second-order valence-corrected chi connectivity index (χ2v) is 7.34. The van der Waals surface area contributed by atoms with Crippen LogP contribution in [0.4, 0.5) is 4.39 Å². The summed E-state index contributed by atoms with van der Waals surface area (Å²) in [4.78, 5) is 14.8. The summed E-state index contributed by atoms with van der Waals surface area (Å²) in [6.45, 7) is 2.69. The highest BCUT2D eigenvalue weighted by Crippen LogP contribution is 2.35. The SMILES string of the molecule is N#Cc1cc(CN2C[C@H](C(=O)NCC3CC3)[C@H]3OCC[C@H]32)ccc1F. The number of rotatable bonds is 5. The van der Waals surface area contributed by atoms with Gasteiger partial charge in [0, 0.05) is 32.3 Å². The van der Waals surface area contributed by atoms with Crippen LogP contribution in [0.2, 0.25) is 0 Å². The first-order chi connectivity index (χ1) is 12.2. The number of carbonyl (C=O) groups is 1. The molecule has 0 spiro atoms. The van der Waals surface area contributed by atoms with E-state index in [0.717, 1.165) is 18.5 Å². The van der Waals surface area contributed by atoms with Crippen molar-refractivity contribution in [1.82, 2.24) is 10.2 Å². The Balaban J connectivity index is 1.45. The van der Waals surface area contributed by atoms with E-state index >= 15 is 0 Å². The lowest BCUT2D eigenvalue weighted by Gasteiger charge is -2.22. The fourth-order valence-electron chi connectivity index (χ4n) is 3.97. The van der Waals surface area contributed by atoms with Crippen molar-refractivity contribution in [2.24, 2.45) is 11.8 Å². The second-order valence-electron chi connectivity index (χ2n) is 7.34. The molecule has 2 aliphatic heterocycles. The van der Waals surface area contributed by atoms with Crippen molar-refractivity contribution in [2.45, 2.75) is 38.0 Å². The molecule has 1 amide bonds. The van der Waals surface area contributed by atoms with Crippen molar-refractivity contribution in [3.63, 3.8) is 0 Å². The molecular formula is C19H22FN3O2. The van der Waals surface area contributed by atoms with Crippen LogP contribution >= 0.6 is 0 Å². The van der Waals surface area contributed by atoms with Gasteiger partial charge in [-0.05, 0) is 42.9 Å². The van der Waals surface area contributed by atoms with Gasteiger partial charge < -0.3 is 10.1 Å². The van der Waals surface area contributed by atoms with E-state index in [1.165, 1.54) is 18.9 Å². The van der Waals surface area contributed by atoms with Crippen LogP contribution in [0, 0.1) is 29.0 Å². The monoisotopic (exact) mass is 343 g/mol. The summed E-state index contributed by atoms with van der Waals surface area (Å²) in [5, 5.41) is 12.1. The Bertz CT molecular complexity index is 713. The molecule has 1 saturated carbocycles. The molecule has 2 saturated heterocycles. The Morgan fingerprint density at radius 2 is 2.24 bits per heavy atom. The molecule has 132 valence electrons. The quantitative estimate of drug-likeness (QED) is 0.886. The fraction of sp³-hybridized carbons (Fsp3) is 0.579. The van der Waals surface area contributed by atoms with Gasteiger partial charge in [0.15, 0.2) is 0 Å². The third kappa shape index (κ3) is 3.39. The van der Waals surface area contributed by atoms with E-state index in [-0.39, 0.29) is 29.5 Å². The molecule has 1 aliphatic carbocycles. The van der Waals surface area contributed by atoms with E-state index in [2.05, 4.69) is 10.2 Å². The van der Waals surface area contributed by atoms with Crippen molar-refractivity contribution in [1.29, 1.82) is 5.26 Å². The molecule has 0 radical (unpaired) electrons. The maximum Gasteiger partial charge on any atom is 0.227 e. The molecule has 1 aromatic carbocycles. The minimum absolute atomic E-state index is 0.0601. The number of ether oxygens (including phenoxy) is 1. The number of likely N-dealkylation sites (tertiary alicyclic amines) is 1. The van der Waals surface area contributed by atoms with Crippen molar-refractivity contribution in [3.8, 4) is 6.07 Å². The molecule has 0 unspecified atom stereocenters. The second kappa shape index (κ2) is 6.74. The van der Waals surface area contributed by atoms with Crippen molar-refractivity contribution < 1.29 is 13.9 Å². The van der Waals surface area contributed by atoms with E-state index in [9.17, 15) is 9.18 Å². The number of nitrogens with one attached hydrogen (secondary N) is 1. The zero-order valence-electron chi connectivity index (χ0n) is 14.1. The first kappa shape index (κ1) is 16.5. The Morgan fingerprint density at radius 1 is 1.40 bits per heavy atom. The van der Waals surface area contributed by atoms with Gasteiger partial charge in [0.05, 0.1) is 17.6 Å². The van der Waals surface area contributed by atoms with Crippen LogP contribution in [0.1, 0.15) is 30.4 Å². The molecule has 3 atom stereocenters. The van der Waals surface area contributed by atoms with Gasteiger partial charge in [-0.25, -0.2) is 4.39 Å². The van der Waals surface area contributed by atoms with Crippen molar-refractivity contribution in [3.05, 3.63) is 35.1 Å². The van der Waals surface area contributed by atoms with Crippen molar-refractivity contribution >= 4 is 5.91 Å². The molecule has 2 heterocycles. The number of hydrogen-bond donors (Lipinski definition) is 1. The molecule has 1 N–H and O–H groups in total. The number of benzene rings is 1. The Kier molecular flexibility index (Phi) is 4.45. The summed E-state index contributed by atoms with van der Waals surface area (Å²) in [5.41, 5.74) is 0.956. The molecule has 1 aromatic rings. The van der Waals surface area contributed by atoms with Crippen LogP contribution in [0.15, 0.2) is 18.2 Å². The average molecular weight is 343 g/mol. The fourth-order valence-corrected chi connectivity index (χ4v) is 3.97. The number of nitriles is 1. The number of nitrogens with zero attached hydrogens (tertiary/aromatic N) is 2. The summed E-state index contributed by atoms with van der Waals surface area (Å²) in [7, 11) is 0. The highest BCUT2D eigenvalue weighted by molar-refractivity contribution is 5.80. The summed E-state index contributed by atoms with van der Waals surface area (Å²) < 4.78 is 19.4. The van der Waals surface area contributed by atoms with E-state index < -0.39 is 5.82 Å². The van der Waals surface area contributed by atoms with E-state index in [4.69, 9.17) is 10.00 Å². The molecular weight excluding hydrogens is 321 g/mol.